The molecule has 0 atom stereocenters. The maximum Gasteiger partial charge on any atom is 0.0622 e. The summed E-state index contributed by atoms with van der Waals surface area (Å²) in [5, 5.41) is 0. The molecule has 0 radical (unpaired) electrons. The van der Waals surface area contributed by atoms with Crippen LogP contribution in [0.15, 0.2) is 0 Å². The molecule has 2 fully saturated rings. The van der Waals surface area contributed by atoms with E-state index in [-0.39, 0.29) is 0 Å². The summed E-state index contributed by atoms with van der Waals surface area (Å²) in [5.41, 5.74) is 0. The molecule has 2 nitrogen and oxygen atoms in total. The molecule has 14 heavy (non-hydrogen) atoms. The fourth-order valence-corrected chi connectivity index (χ4v) is 2.93. The Labute approximate surface area is 88.3 Å². The molecule has 2 heterocycles. The van der Waals surface area contributed by atoms with Gasteiger partial charge < -0.3 is 0 Å². The molecule has 0 saturated carbocycles. The van der Waals surface area contributed by atoms with E-state index in [9.17, 15) is 0 Å². The SMILES string of the molecule is CCCC(N1CCCC1)N1CCCC1. The average molecular weight is 196 g/mol. The average Bonchev–Trinajstić information content (AvgIpc) is 2.87. The Balaban J connectivity index is 1.91. The molecule has 0 aromatic rings. The quantitative estimate of drug-likeness (QED) is 0.681. The van der Waals surface area contributed by atoms with Crippen LogP contribution in [0, 0.1) is 0 Å². The van der Waals surface area contributed by atoms with Crippen molar-refractivity contribution in [3.63, 3.8) is 0 Å². The van der Waals surface area contributed by atoms with Crippen LogP contribution < -0.4 is 0 Å². The lowest BCUT2D eigenvalue weighted by molar-refractivity contribution is 0.0714. The van der Waals surface area contributed by atoms with Gasteiger partial charge >= 0.3 is 0 Å². The highest BCUT2D eigenvalue weighted by Gasteiger charge is 2.28. The molecule has 2 saturated heterocycles. The van der Waals surface area contributed by atoms with Crippen LogP contribution in [0.25, 0.3) is 0 Å². The third-order valence-corrected chi connectivity index (χ3v) is 3.67. The lowest BCUT2D eigenvalue weighted by Gasteiger charge is -2.35. The lowest BCUT2D eigenvalue weighted by atomic mass is 10.2. The van der Waals surface area contributed by atoms with Crippen molar-refractivity contribution >= 4 is 0 Å². The fourth-order valence-electron chi connectivity index (χ4n) is 2.93. The van der Waals surface area contributed by atoms with Gasteiger partial charge in [-0.25, -0.2) is 0 Å². The molecule has 0 spiro atoms. The molecule has 0 aliphatic carbocycles. The minimum absolute atomic E-state index is 0.782. The van der Waals surface area contributed by atoms with Gasteiger partial charge in [-0.2, -0.15) is 0 Å². The van der Waals surface area contributed by atoms with Gasteiger partial charge in [0.05, 0.1) is 6.17 Å². The molecule has 0 unspecified atom stereocenters. The Morgan fingerprint density at radius 1 is 0.857 bits per heavy atom. The number of hydrogen-bond acceptors (Lipinski definition) is 2. The van der Waals surface area contributed by atoms with Gasteiger partial charge in [0.1, 0.15) is 0 Å². The molecule has 2 aliphatic heterocycles. The summed E-state index contributed by atoms with van der Waals surface area (Å²) < 4.78 is 0. The zero-order valence-electron chi connectivity index (χ0n) is 9.54. The van der Waals surface area contributed by atoms with E-state index in [1.807, 2.05) is 0 Å². The first-order chi connectivity index (χ1) is 6.92. The van der Waals surface area contributed by atoms with Gasteiger partial charge in [-0.05, 0) is 58.3 Å². The second-order valence-corrected chi connectivity index (χ2v) is 4.76. The first-order valence-electron chi connectivity index (χ1n) is 6.40. The first-order valence-corrected chi connectivity index (χ1v) is 6.40. The molecule has 2 rings (SSSR count). The van der Waals surface area contributed by atoms with Crippen molar-refractivity contribution in [3.8, 4) is 0 Å². The summed E-state index contributed by atoms with van der Waals surface area (Å²) in [6.45, 7) is 7.71. The minimum Gasteiger partial charge on any atom is -0.288 e. The molecular weight excluding hydrogens is 172 g/mol. The second-order valence-electron chi connectivity index (χ2n) is 4.76. The van der Waals surface area contributed by atoms with Crippen molar-refractivity contribution in [1.82, 2.24) is 9.80 Å². The van der Waals surface area contributed by atoms with Crippen LogP contribution in [0.4, 0.5) is 0 Å². The Kier molecular flexibility index (Phi) is 3.82. The highest BCUT2D eigenvalue weighted by atomic mass is 15.4. The largest absolute Gasteiger partial charge is 0.288 e. The van der Waals surface area contributed by atoms with E-state index in [0.29, 0.717) is 0 Å². The smallest absolute Gasteiger partial charge is 0.0622 e. The van der Waals surface area contributed by atoms with Crippen LogP contribution in [0.5, 0.6) is 0 Å². The monoisotopic (exact) mass is 196 g/mol. The van der Waals surface area contributed by atoms with Crippen LogP contribution in [0.1, 0.15) is 45.4 Å². The summed E-state index contributed by atoms with van der Waals surface area (Å²) in [6.07, 6.45) is 9.19. The van der Waals surface area contributed by atoms with Crippen LogP contribution in [-0.2, 0) is 0 Å². The maximum absolute atomic E-state index is 2.72. The van der Waals surface area contributed by atoms with E-state index in [2.05, 4.69) is 16.7 Å². The highest BCUT2D eigenvalue weighted by Crippen LogP contribution is 2.22. The van der Waals surface area contributed by atoms with Gasteiger partial charge in [0, 0.05) is 0 Å². The van der Waals surface area contributed by atoms with Gasteiger partial charge in [-0.3, -0.25) is 9.80 Å². The molecular formula is C12H24N2. The molecule has 0 amide bonds. The minimum atomic E-state index is 0.782. The Bertz CT molecular complexity index is 142. The number of nitrogens with zero attached hydrogens (tertiary/aromatic N) is 2. The van der Waals surface area contributed by atoms with Crippen LogP contribution in [0.3, 0.4) is 0 Å². The van der Waals surface area contributed by atoms with Crippen molar-refractivity contribution in [3.05, 3.63) is 0 Å². The van der Waals surface area contributed by atoms with Crippen LogP contribution in [0.2, 0.25) is 0 Å². The third-order valence-electron chi connectivity index (χ3n) is 3.67. The molecule has 82 valence electrons. The van der Waals surface area contributed by atoms with Gasteiger partial charge in [-0.15, -0.1) is 0 Å². The van der Waals surface area contributed by atoms with E-state index in [1.165, 1.54) is 64.7 Å². The predicted molar refractivity (Wildman–Crippen MR) is 60.3 cm³/mol. The zero-order valence-corrected chi connectivity index (χ0v) is 9.54. The fraction of sp³-hybridized carbons (Fsp3) is 1.00. The van der Waals surface area contributed by atoms with Gasteiger partial charge in [0.15, 0.2) is 0 Å². The molecule has 0 aromatic carbocycles. The van der Waals surface area contributed by atoms with Gasteiger partial charge in [0.25, 0.3) is 0 Å². The lowest BCUT2D eigenvalue weighted by Crippen LogP contribution is -2.45. The number of hydrogen-bond donors (Lipinski definition) is 0. The second kappa shape index (κ2) is 5.13. The van der Waals surface area contributed by atoms with Crippen molar-refractivity contribution in [2.45, 2.75) is 51.6 Å². The van der Waals surface area contributed by atoms with Crippen molar-refractivity contribution in [2.75, 3.05) is 26.2 Å². The van der Waals surface area contributed by atoms with Crippen molar-refractivity contribution in [2.24, 2.45) is 0 Å². The summed E-state index contributed by atoms with van der Waals surface area (Å²) in [6, 6.07) is 0. The highest BCUT2D eigenvalue weighted by molar-refractivity contribution is 4.79. The maximum atomic E-state index is 2.72. The Morgan fingerprint density at radius 2 is 1.29 bits per heavy atom. The normalized spacial score (nSPS) is 25.3. The number of rotatable bonds is 4. The topological polar surface area (TPSA) is 6.48 Å². The van der Waals surface area contributed by atoms with Crippen molar-refractivity contribution in [1.29, 1.82) is 0 Å². The molecule has 0 N–H and O–H groups in total. The molecule has 0 aromatic heterocycles. The molecule has 2 aliphatic rings. The third kappa shape index (κ3) is 2.29. The zero-order chi connectivity index (χ0) is 9.80. The van der Waals surface area contributed by atoms with E-state index in [1.54, 1.807) is 0 Å². The Morgan fingerprint density at radius 3 is 1.64 bits per heavy atom. The standard InChI is InChI=1S/C12H24N2/c1-2-7-12(13-8-3-4-9-13)14-10-5-6-11-14/h12H,2-11H2,1H3. The first kappa shape index (κ1) is 10.4. The van der Waals surface area contributed by atoms with Gasteiger partial charge in [-0.1, -0.05) is 13.3 Å². The summed E-state index contributed by atoms with van der Waals surface area (Å²) in [4.78, 5) is 5.43. The predicted octanol–water partition coefficient (Wildman–Crippen LogP) is 2.30. The van der Waals surface area contributed by atoms with E-state index < -0.39 is 0 Å². The summed E-state index contributed by atoms with van der Waals surface area (Å²) in [5.74, 6) is 0. The van der Waals surface area contributed by atoms with Crippen molar-refractivity contribution < 1.29 is 0 Å². The van der Waals surface area contributed by atoms with E-state index in [0.717, 1.165) is 6.17 Å². The van der Waals surface area contributed by atoms with Gasteiger partial charge in [0.2, 0.25) is 0 Å². The number of likely N-dealkylation sites (tertiary alicyclic amines) is 2. The summed E-state index contributed by atoms with van der Waals surface area (Å²) in [7, 11) is 0. The van der Waals surface area contributed by atoms with E-state index in [4.69, 9.17) is 0 Å². The van der Waals surface area contributed by atoms with Crippen LogP contribution in [-0.4, -0.2) is 42.1 Å². The molecule has 2 heteroatoms. The summed E-state index contributed by atoms with van der Waals surface area (Å²) >= 11 is 0. The molecule has 0 bridgehead atoms. The Hall–Kier alpha value is -0.0800. The van der Waals surface area contributed by atoms with Crippen LogP contribution >= 0.6 is 0 Å². The van der Waals surface area contributed by atoms with E-state index >= 15 is 0 Å².